The van der Waals surface area contributed by atoms with Crippen molar-refractivity contribution in [2.75, 3.05) is 14.1 Å². The topological polar surface area (TPSA) is 85.0 Å². The van der Waals surface area contributed by atoms with Gasteiger partial charge < -0.3 is 9.32 Å². The van der Waals surface area contributed by atoms with Gasteiger partial charge in [0.05, 0.1) is 18.1 Å². The van der Waals surface area contributed by atoms with Crippen molar-refractivity contribution >= 4 is 5.91 Å². The first-order valence-electron chi connectivity index (χ1n) is 9.63. The lowest BCUT2D eigenvalue weighted by molar-refractivity contribution is 0.0827. The minimum absolute atomic E-state index is 0.0489. The van der Waals surface area contributed by atoms with Crippen molar-refractivity contribution in [2.45, 2.75) is 13.3 Å². The van der Waals surface area contributed by atoms with Gasteiger partial charge in [0.25, 0.3) is 11.8 Å². The van der Waals surface area contributed by atoms with Crippen LogP contribution >= 0.6 is 0 Å². The molecule has 0 aliphatic rings. The van der Waals surface area contributed by atoms with Crippen LogP contribution in [0, 0.1) is 0 Å². The van der Waals surface area contributed by atoms with Crippen molar-refractivity contribution in [1.29, 1.82) is 0 Å². The molecule has 7 heteroatoms. The van der Waals surface area contributed by atoms with E-state index >= 15 is 0 Å². The second-order valence-corrected chi connectivity index (χ2v) is 6.99. The molecular formula is C23H21N5O2. The Hall–Kier alpha value is -3.87. The third kappa shape index (κ3) is 3.82. The van der Waals surface area contributed by atoms with Crippen LogP contribution in [0.4, 0.5) is 0 Å². The van der Waals surface area contributed by atoms with Crippen molar-refractivity contribution in [3.8, 4) is 34.3 Å². The molecule has 0 spiro atoms. The smallest absolute Gasteiger partial charge is 0.268 e. The van der Waals surface area contributed by atoms with Gasteiger partial charge in [-0.1, -0.05) is 37.3 Å². The minimum atomic E-state index is -0.0489. The van der Waals surface area contributed by atoms with Crippen molar-refractivity contribution in [3.05, 3.63) is 72.1 Å². The number of carbonyl (C=O) groups is 1. The van der Waals surface area contributed by atoms with Crippen LogP contribution in [-0.2, 0) is 6.42 Å². The molecule has 0 saturated heterocycles. The van der Waals surface area contributed by atoms with E-state index in [0.717, 1.165) is 23.1 Å². The molecule has 0 aliphatic carbocycles. The molecule has 0 N–H and O–H groups in total. The second-order valence-electron chi connectivity index (χ2n) is 6.99. The first-order chi connectivity index (χ1) is 14.6. The summed E-state index contributed by atoms with van der Waals surface area (Å²) in [5.41, 5.74) is 4.67. The Balaban J connectivity index is 1.63. The van der Waals surface area contributed by atoms with E-state index in [0.29, 0.717) is 28.7 Å². The van der Waals surface area contributed by atoms with Gasteiger partial charge in [0.1, 0.15) is 5.69 Å². The first kappa shape index (κ1) is 19.4. The third-order valence-corrected chi connectivity index (χ3v) is 4.74. The Kier molecular flexibility index (Phi) is 5.34. The van der Waals surface area contributed by atoms with E-state index in [1.807, 2.05) is 36.4 Å². The lowest BCUT2D eigenvalue weighted by atomic mass is 10.1. The van der Waals surface area contributed by atoms with Gasteiger partial charge in [-0.15, -0.1) is 10.2 Å². The fraction of sp³-hybridized carbons (Fsp3) is 0.174. The number of carbonyl (C=O) groups excluding carboxylic acids is 1. The highest BCUT2D eigenvalue weighted by atomic mass is 16.4. The number of nitrogens with zero attached hydrogens (tertiary/aromatic N) is 5. The largest absolute Gasteiger partial charge is 0.415 e. The molecule has 2 heterocycles. The van der Waals surface area contributed by atoms with Gasteiger partial charge in [-0.05, 0) is 30.2 Å². The molecule has 2 aromatic heterocycles. The van der Waals surface area contributed by atoms with E-state index in [4.69, 9.17) is 4.42 Å². The fourth-order valence-corrected chi connectivity index (χ4v) is 3.12. The summed E-state index contributed by atoms with van der Waals surface area (Å²) < 4.78 is 5.89. The highest BCUT2D eigenvalue weighted by molar-refractivity contribution is 5.94. The van der Waals surface area contributed by atoms with Crippen molar-refractivity contribution in [2.24, 2.45) is 0 Å². The maximum Gasteiger partial charge on any atom is 0.268 e. The van der Waals surface area contributed by atoms with E-state index < -0.39 is 0 Å². The number of hydrogen-bond donors (Lipinski definition) is 0. The number of amides is 1. The van der Waals surface area contributed by atoms with Crippen LogP contribution in [-0.4, -0.2) is 45.1 Å². The number of rotatable bonds is 5. The summed E-state index contributed by atoms with van der Waals surface area (Å²) in [7, 11) is 3.45. The van der Waals surface area contributed by atoms with E-state index in [1.54, 1.807) is 43.5 Å². The molecule has 0 fully saturated rings. The summed E-state index contributed by atoms with van der Waals surface area (Å²) >= 11 is 0. The second kappa shape index (κ2) is 8.24. The third-order valence-electron chi connectivity index (χ3n) is 4.74. The summed E-state index contributed by atoms with van der Waals surface area (Å²) in [4.78, 5) is 22.5. The lowest BCUT2D eigenvalue weighted by Crippen LogP contribution is -2.21. The monoisotopic (exact) mass is 399 g/mol. The Morgan fingerprint density at radius 3 is 2.37 bits per heavy atom. The molecule has 0 atom stereocenters. The molecule has 1 amide bonds. The maximum absolute atomic E-state index is 12.1. The summed E-state index contributed by atoms with van der Waals surface area (Å²) in [6, 6.07) is 15.2. The molecule has 0 saturated carbocycles. The highest BCUT2D eigenvalue weighted by Gasteiger charge is 2.15. The summed E-state index contributed by atoms with van der Waals surface area (Å²) in [6.45, 7) is 2.09. The summed E-state index contributed by atoms with van der Waals surface area (Å²) in [5, 5.41) is 8.36. The predicted octanol–water partition coefficient (Wildman–Crippen LogP) is 4.12. The zero-order valence-electron chi connectivity index (χ0n) is 17.0. The van der Waals surface area contributed by atoms with Crippen LogP contribution in [0.15, 0.2) is 65.3 Å². The fourth-order valence-electron chi connectivity index (χ4n) is 3.12. The minimum Gasteiger partial charge on any atom is -0.415 e. The normalized spacial score (nSPS) is 10.8. The van der Waals surface area contributed by atoms with Gasteiger partial charge >= 0.3 is 0 Å². The number of benzene rings is 2. The number of aromatic nitrogens is 4. The van der Waals surface area contributed by atoms with Gasteiger partial charge in [0.2, 0.25) is 5.89 Å². The molecule has 2 aromatic carbocycles. The van der Waals surface area contributed by atoms with E-state index in [1.165, 1.54) is 0 Å². The van der Waals surface area contributed by atoms with Gasteiger partial charge in [0, 0.05) is 30.8 Å². The van der Waals surface area contributed by atoms with Gasteiger partial charge in [-0.3, -0.25) is 9.78 Å². The van der Waals surface area contributed by atoms with E-state index in [-0.39, 0.29) is 5.91 Å². The summed E-state index contributed by atoms with van der Waals surface area (Å²) in [5.74, 6) is 0.720. The standard InChI is InChI=1S/C23H21N5O2/c1-4-15-7-5-6-8-18(15)21-26-27-22(30-21)20-14-24-13-19(25-20)16-9-11-17(12-10-16)23(29)28(2)3/h5-14H,4H2,1-3H3. The van der Waals surface area contributed by atoms with Crippen LogP contribution in [0.3, 0.4) is 0 Å². The van der Waals surface area contributed by atoms with Crippen molar-refractivity contribution < 1.29 is 9.21 Å². The lowest BCUT2D eigenvalue weighted by Gasteiger charge is -2.10. The first-order valence-corrected chi connectivity index (χ1v) is 9.63. The van der Waals surface area contributed by atoms with Crippen LogP contribution < -0.4 is 0 Å². The number of hydrogen-bond acceptors (Lipinski definition) is 6. The molecular weight excluding hydrogens is 378 g/mol. The van der Waals surface area contributed by atoms with Gasteiger partial charge in [-0.25, -0.2) is 4.98 Å². The van der Waals surface area contributed by atoms with E-state index in [9.17, 15) is 4.79 Å². The SMILES string of the molecule is CCc1ccccc1-c1nnc(-c2cncc(-c3ccc(C(=O)N(C)C)cc3)n2)o1. The highest BCUT2D eigenvalue weighted by Crippen LogP contribution is 2.27. The van der Waals surface area contributed by atoms with Crippen molar-refractivity contribution in [3.63, 3.8) is 0 Å². The average Bonchev–Trinajstić information content (AvgIpc) is 3.29. The predicted molar refractivity (Wildman–Crippen MR) is 114 cm³/mol. The van der Waals surface area contributed by atoms with Crippen LogP contribution in [0.1, 0.15) is 22.8 Å². The molecule has 0 radical (unpaired) electrons. The van der Waals surface area contributed by atoms with Crippen LogP contribution in [0.25, 0.3) is 34.3 Å². The van der Waals surface area contributed by atoms with Gasteiger partial charge in [-0.2, -0.15) is 0 Å². The quantitative estimate of drug-likeness (QED) is 0.502. The molecule has 4 rings (SSSR count). The van der Waals surface area contributed by atoms with E-state index in [2.05, 4.69) is 27.1 Å². The Morgan fingerprint density at radius 1 is 0.933 bits per heavy atom. The summed E-state index contributed by atoms with van der Waals surface area (Å²) in [6.07, 6.45) is 4.13. The number of aryl methyl sites for hydroxylation is 1. The van der Waals surface area contributed by atoms with Crippen LogP contribution in [0.5, 0.6) is 0 Å². The molecule has 4 aromatic rings. The molecule has 150 valence electrons. The van der Waals surface area contributed by atoms with Gasteiger partial charge in [0.15, 0.2) is 0 Å². The molecule has 30 heavy (non-hydrogen) atoms. The average molecular weight is 399 g/mol. The Labute approximate surface area is 174 Å². The molecule has 0 unspecified atom stereocenters. The molecule has 0 aliphatic heterocycles. The maximum atomic E-state index is 12.1. The Bertz CT molecular complexity index is 1180. The molecule has 0 bridgehead atoms. The Morgan fingerprint density at radius 2 is 1.63 bits per heavy atom. The zero-order chi connectivity index (χ0) is 21.1. The van der Waals surface area contributed by atoms with Crippen LogP contribution in [0.2, 0.25) is 0 Å². The zero-order valence-corrected chi connectivity index (χ0v) is 17.0. The molecule has 7 nitrogen and oxygen atoms in total. The van der Waals surface area contributed by atoms with Crippen molar-refractivity contribution in [1.82, 2.24) is 25.1 Å².